The highest BCUT2D eigenvalue weighted by Crippen LogP contribution is 2.44. The summed E-state index contributed by atoms with van der Waals surface area (Å²) in [4.78, 5) is 14.2. The first kappa shape index (κ1) is 26.0. The number of halogens is 3. The number of aliphatic hydroxyl groups excluding tert-OH is 1. The van der Waals surface area contributed by atoms with Gasteiger partial charge in [-0.05, 0) is 60.9 Å². The third-order valence-corrected chi connectivity index (χ3v) is 7.35. The zero-order chi connectivity index (χ0) is 25.0. The molecule has 2 aliphatic rings. The molecule has 2 aromatic rings. The molecule has 0 aromatic heterocycles. The molecule has 2 aromatic carbocycles. The molecule has 1 N–H and O–H groups in total. The van der Waals surface area contributed by atoms with Gasteiger partial charge in [0.2, 0.25) is 0 Å². The number of hydrogen-bond donors (Lipinski definition) is 1. The first-order chi connectivity index (χ1) is 16.2. The topological polar surface area (TPSA) is 49.8 Å². The number of nitrogens with zero attached hydrogens (tertiary/aromatic N) is 1. The second-order valence-electron chi connectivity index (χ2n) is 8.91. The third-order valence-electron chi connectivity index (χ3n) is 7.35. The zero-order valence-electron chi connectivity index (χ0n) is 19.7. The average Bonchev–Trinajstić information content (AvgIpc) is 2.84. The molecule has 2 fully saturated rings. The van der Waals surface area contributed by atoms with Crippen LogP contribution in [0, 0.1) is 0 Å². The molecular formula is C27H32F3NO3. The third kappa shape index (κ3) is 4.91. The van der Waals surface area contributed by atoms with Crippen molar-refractivity contribution in [3.8, 4) is 0 Å². The number of methoxy groups -OCH3 is 1. The Morgan fingerprint density at radius 2 is 1.50 bits per heavy atom. The number of alkyl halides is 3. The summed E-state index contributed by atoms with van der Waals surface area (Å²) in [6, 6.07) is 13.3. The van der Waals surface area contributed by atoms with Crippen molar-refractivity contribution in [1.29, 1.82) is 0 Å². The number of rotatable bonds is 6. The molecule has 0 bridgehead atoms. The summed E-state index contributed by atoms with van der Waals surface area (Å²) in [5, 5.41) is 7.00. The van der Waals surface area contributed by atoms with Gasteiger partial charge < -0.3 is 19.5 Å². The van der Waals surface area contributed by atoms with Gasteiger partial charge in [-0.2, -0.15) is 13.2 Å². The number of carbonyl (C=O) groups is 1. The predicted octanol–water partition coefficient (Wildman–Crippen LogP) is 5.54. The van der Waals surface area contributed by atoms with E-state index in [0.717, 1.165) is 49.6 Å². The van der Waals surface area contributed by atoms with Gasteiger partial charge in [0, 0.05) is 33.0 Å². The Bertz CT molecular complexity index is 966. The molecule has 0 atom stereocenters. The van der Waals surface area contributed by atoms with Gasteiger partial charge in [-0.3, -0.25) is 0 Å². The summed E-state index contributed by atoms with van der Waals surface area (Å²) in [6.07, 6.45) is 0.824. The smallest absolute Gasteiger partial charge is 0.400 e. The minimum absolute atomic E-state index is 0.157. The molecule has 34 heavy (non-hydrogen) atoms. The van der Waals surface area contributed by atoms with Crippen LogP contribution in [0.25, 0.3) is 5.70 Å². The Morgan fingerprint density at radius 3 is 1.91 bits per heavy atom. The van der Waals surface area contributed by atoms with Crippen LogP contribution in [0.3, 0.4) is 0 Å². The maximum Gasteiger partial charge on any atom is 0.416 e. The lowest BCUT2D eigenvalue weighted by Gasteiger charge is -2.41. The van der Waals surface area contributed by atoms with Gasteiger partial charge in [0.15, 0.2) is 0 Å². The standard InChI is InChI=1S/C26H28F3NO2.CH4O/c1-19(20-4-6-22(7-5-20)25(32-2)12-3-13-25)30-16-14-24(18-31,15-17-30)21-8-10-23(11-9-21)26(27,28)29;1-2/h4-11,18H,1,3,12-17H2,2H3;2H,1H3. The van der Waals surface area contributed by atoms with Crippen LogP contribution in [0.4, 0.5) is 13.2 Å². The van der Waals surface area contributed by atoms with E-state index in [4.69, 9.17) is 9.84 Å². The van der Waals surface area contributed by atoms with E-state index >= 15 is 0 Å². The number of aliphatic hydroxyl groups is 1. The fourth-order valence-electron chi connectivity index (χ4n) is 4.90. The van der Waals surface area contributed by atoms with Gasteiger partial charge in [-0.15, -0.1) is 0 Å². The van der Waals surface area contributed by atoms with E-state index in [2.05, 4.69) is 35.7 Å². The molecule has 0 unspecified atom stereocenters. The lowest BCUT2D eigenvalue weighted by Crippen LogP contribution is -2.42. The van der Waals surface area contributed by atoms with Gasteiger partial charge in [-0.1, -0.05) is 43.0 Å². The fourth-order valence-corrected chi connectivity index (χ4v) is 4.90. The van der Waals surface area contributed by atoms with Crippen LogP contribution in [-0.4, -0.2) is 43.6 Å². The second kappa shape index (κ2) is 10.3. The van der Waals surface area contributed by atoms with E-state index in [0.29, 0.717) is 31.5 Å². The Morgan fingerprint density at radius 1 is 0.971 bits per heavy atom. The van der Waals surface area contributed by atoms with E-state index in [-0.39, 0.29) is 5.60 Å². The number of likely N-dealkylation sites (tertiary alicyclic amines) is 1. The normalized spacial score (nSPS) is 18.8. The molecular weight excluding hydrogens is 443 g/mol. The Kier molecular flexibility index (Phi) is 7.88. The number of hydrogen-bond acceptors (Lipinski definition) is 4. The molecule has 184 valence electrons. The summed E-state index contributed by atoms with van der Waals surface area (Å²) in [6.45, 7) is 5.49. The van der Waals surface area contributed by atoms with E-state index in [1.807, 2.05) is 0 Å². The van der Waals surface area contributed by atoms with Gasteiger partial charge in [0.05, 0.1) is 16.6 Å². The van der Waals surface area contributed by atoms with Crippen molar-refractivity contribution in [2.45, 2.75) is 49.3 Å². The summed E-state index contributed by atoms with van der Waals surface area (Å²) in [5.41, 5.74) is 2.12. The SMILES string of the molecule is C=C(c1ccc(C2(OC)CCC2)cc1)N1CCC(C=O)(c2ccc(C(F)(F)F)cc2)CC1.CO. The van der Waals surface area contributed by atoms with Crippen LogP contribution >= 0.6 is 0 Å². The van der Waals surface area contributed by atoms with Gasteiger partial charge in [0.25, 0.3) is 0 Å². The van der Waals surface area contributed by atoms with Crippen molar-refractivity contribution < 1.29 is 27.8 Å². The van der Waals surface area contributed by atoms with Crippen molar-refractivity contribution in [3.63, 3.8) is 0 Å². The number of benzene rings is 2. The van der Waals surface area contributed by atoms with E-state index < -0.39 is 17.2 Å². The van der Waals surface area contributed by atoms with Gasteiger partial charge in [-0.25, -0.2) is 0 Å². The lowest BCUT2D eigenvalue weighted by atomic mass is 9.73. The summed E-state index contributed by atoms with van der Waals surface area (Å²) in [5.74, 6) is 0. The lowest BCUT2D eigenvalue weighted by molar-refractivity contribution is -0.137. The molecule has 0 amide bonds. The molecule has 0 spiro atoms. The number of piperidine rings is 1. The van der Waals surface area contributed by atoms with Crippen molar-refractivity contribution in [1.82, 2.24) is 4.90 Å². The predicted molar refractivity (Wildman–Crippen MR) is 126 cm³/mol. The first-order valence-electron chi connectivity index (χ1n) is 11.4. The average molecular weight is 476 g/mol. The van der Waals surface area contributed by atoms with E-state index in [9.17, 15) is 18.0 Å². The summed E-state index contributed by atoms with van der Waals surface area (Å²) in [7, 11) is 2.76. The van der Waals surface area contributed by atoms with Crippen LogP contribution in [0.5, 0.6) is 0 Å². The highest BCUT2D eigenvalue weighted by Gasteiger charge is 2.39. The Balaban J connectivity index is 0.00000158. The minimum Gasteiger partial charge on any atom is -0.400 e. The molecule has 4 rings (SSSR count). The summed E-state index contributed by atoms with van der Waals surface area (Å²) >= 11 is 0. The van der Waals surface area contributed by atoms with Crippen molar-refractivity contribution in [2.75, 3.05) is 27.3 Å². The van der Waals surface area contributed by atoms with Crippen LogP contribution in [0.2, 0.25) is 0 Å². The highest BCUT2D eigenvalue weighted by atomic mass is 19.4. The van der Waals surface area contributed by atoms with Crippen LogP contribution in [0.15, 0.2) is 55.1 Å². The molecule has 1 aliphatic carbocycles. The fraction of sp³-hybridized carbons (Fsp3) is 0.444. The van der Waals surface area contributed by atoms with Crippen LogP contribution < -0.4 is 0 Å². The minimum atomic E-state index is -4.38. The van der Waals surface area contributed by atoms with Crippen molar-refractivity contribution >= 4 is 12.0 Å². The monoisotopic (exact) mass is 475 g/mol. The molecule has 7 heteroatoms. The quantitative estimate of drug-likeness (QED) is 0.557. The first-order valence-corrected chi connectivity index (χ1v) is 11.4. The molecule has 1 heterocycles. The van der Waals surface area contributed by atoms with Gasteiger partial charge >= 0.3 is 6.18 Å². The molecule has 1 saturated heterocycles. The maximum absolute atomic E-state index is 12.9. The number of aldehydes is 1. The van der Waals surface area contributed by atoms with Crippen molar-refractivity contribution in [3.05, 3.63) is 77.4 Å². The zero-order valence-corrected chi connectivity index (χ0v) is 19.7. The van der Waals surface area contributed by atoms with E-state index in [1.54, 1.807) is 7.11 Å². The van der Waals surface area contributed by atoms with E-state index in [1.165, 1.54) is 24.1 Å². The second-order valence-corrected chi connectivity index (χ2v) is 8.91. The molecule has 1 aliphatic heterocycles. The highest BCUT2D eigenvalue weighted by molar-refractivity contribution is 5.70. The van der Waals surface area contributed by atoms with Crippen LogP contribution in [-0.2, 0) is 26.7 Å². The number of ether oxygens (including phenoxy) is 1. The maximum atomic E-state index is 12.9. The summed E-state index contributed by atoms with van der Waals surface area (Å²) < 4.78 is 44.4. The number of carbonyl (C=O) groups excluding carboxylic acids is 1. The Hall–Kier alpha value is -2.64. The van der Waals surface area contributed by atoms with Crippen molar-refractivity contribution in [2.24, 2.45) is 0 Å². The largest absolute Gasteiger partial charge is 0.416 e. The van der Waals surface area contributed by atoms with Gasteiger partial charge in [0.1, 0.15) is 6.29 Å². The van der Waals surface area contributed by atoms with Crippen LogP contribution in [0.1, 0.15) is 54.4 Å². The molecule has 1 saturated carbocycles. The molecule has 0 radical (unpaired) electrons. The Labute approximate surface area is 199 Å². The molecule has 4 nitrogen and oxygen atoms in total.